The highest BCUT2D eigenvalue weighted by Crippen LogP contribution is 2.14. The van der Waals surface area contributed by atoms with E-state index >= 15 is 0 Å². The monoisotopic (exact) mass is 375 g/mol. The number of hydrogen-bond donors (Lipinski definition) is 3. The van der Waals surface area contributed by atoms with Crippen molar-refractivity contribution in [3.8, 4) is 0 Å². The maximum Gasteiger partial charge on any atom is 0.270 e. The molecular formula is C16H14BrN3O3. The third-order valence-corrected chi connectivity index (χ3v) is 3.57. The molecule has 0 saturated heterocycles. The zero-order valence-electron chi connectivity index (χ0n) is 12.0. The largest absolute Gasteiger partial charge is 0.343 e. The normalized spacial score (nSPS) is 9.78. The molecule has 0 aromatic heterocycles. The second-order valence-corrected chi connectivity index (χ2v) is 5.39. The zero-order chi connectivity index (χ0) is 16.7. The lowest BCUT2D eigenvalue weighted by Gasteiger charge is -2.09. The number of benzene rings is 2. The maximum absolute atomic E-state index is 11.9. The molecule has 3 N–H and O–H groups in total. The van der Waals surface area contributed by atoms with Crippen LogP contribution in [-0.2, 0) is 4.79 Å². The van der Waals surface area contributed by atoms with Crippen molar-refractivity contribution < 1.29 is 14.4 Å². The topological polar surface area (TPSA) is 87.3 Å². The predicted octanol–water partition coefficient (Wildman–Crippen LogP) is 1.64. The first-order valence-corrected chi connectivity index (χ1v) is 7.54. The SMILES string of the molecule is O=C(CNC(=O)c1ccccc1)NNC(=O)c1ccccc1Br. The Kier molecular flexibility index (Phi) is 5.87. The Labute approximate surface area is 141 Å². The summed E-state index contributed by atoms with van der Waals surface area (Å²) in [5, 5.41) is 2.46. The molecule has 3 amide bonds. The average molecular weight is 376 g/mol. The van der Waals surface area contributed by atoms with Crippen LogP contribution in [0.15, 0.2) is 59.1 Å². The fraction of sp³-hybridized carbons (Fsp3) is 0.0625. The van der Waals surface area contributed by atoms with Gasteiger partial charge in [0.1, 0.15) is 0 Å². The van der Waals surface area contributed by atoms with Crippen LogP contribution in [0.1, 0.15) is 20.7 Å². The van der Waals surface area contributed by atoms with E-state index in [4.69, 9.17) is 0 Å². The number of carbonyl (C=O) groups excluding carboxylic acids is 3. The molecule has 0 fully saturated rings. The van der Waals surface area contributed by atoms with Crippen LogP contribution in [-0.4, -0.2) is 24.3 Å². The molecule has 0 atom stereocenters. The molecule has 6 nitrogen and oxygen atoms in total. The van der Waals surface area contributed by atoms with Gasteiger partial charge in [0, 0.05) is 10.0 Å². The second-order valence-electron chi connectivity index (χ2n) is 4.53. The van der Waals surface area contributed by atoms with Gasteiger partial charge in [-0.25, -0.2) is 0 Å². The molecule has 0 unspecified atom stereocenters. The minimum absolute atomic E-state index is 0.246. The van der Waals surface area contributed by atoms with Crippen molar-refractivity contribution in [1.29, 1.82) is 0 Å². The van der Waals surface area contributed by atoms with Gasteiger partial charge in [0.05, 0.1) is 12.1 Å². The molecule has 7 heteroatoms. The summed E-state index contributed by atoms with van der Waals surface area (Å²) < 4.78 is 0.615. The summed E-state index contributed by atoms with van der Waals surface area (Å²) in [4.78, 5) is 35.3. The van der Waals surface area contributed by atoms with Gasteiger partial charge < -0.3 is 5.32 Å². The van der Waals surface area contributed by atoms with Crippen LogP contribution in [0.25, 0.3) is 0 Å². The number of rotatable bonds is 4. The molecule has 0 aliphatic rings. The van der Waals surface area contributed by atoms with E-state index in [1.54, 1.807) is 54.6 Å². The summed E-state index contributed by atoms with van der Waals surface area (Å²) in [6, 6.07) is 15.4. The number of nitrogens with one attached hydrogen (secondary N) is 3. The van der Waals surface area contributed by atoms with Crippen LogP contribution in [0, 0.1) is 0 Å². The van der Waals surface area contributed by atoms with Crippen LogP contribution in [0.3, 0.4) is 0 Å². The molecule has 0 radical (unpaired) electrons. The molecule has 0 saturated carbocycles. The van der Waals surface area contributed by atoms with E-state index in [1.807, 2.05) is 0 Å². The van der Waals surface area contributed by atoms with Gasteiger partial charge >= 0.3 is 0 Å². The van der Waals surface area contributed by atoms with E-state index < -0.39 is 11.8 Å². The van der Waals surface area contributed by atoms with Crippen LogP contribution < -0.4 is 16.2 Å². The Bertz CT molecular complexity index is 720. The van der Waals surface area contributed by atoms with Crippen molar-refractivity contribution in [1.82, 2.24) is 16.2 Å². The van der Waals surface area contributed by atoms with Crippen molar-refractivity contribution in [3.05, 3.63) is 70.2 Å². The van der Waals surface area contributed by atoms with Crippen molar-refractivity contribution in [3.63, 3.8) is 0 Å². The van der Waals surface area contributed by atoms with Crippen molar-refractivity contribution in [2.24, 2.45) is 0 Å². The molecule has 2 rings (SSSR count). The van der Waals surface area contributed by atoms with Gasteiger partial charge in [-0.2, -0.15) is 0 Å². The van der Waals surface area contributed by atoms with Gasteiger partial charge in [-0.05, 0) is 40.2 Å². The summed E-state index contributed by atoms with van der Waals surface area (Å²) in [5.41, 5.74) is 5.37. The minimum atomic E-state index is -0.533. The highest BCUT2D eigenvalue weighted by atomic mass is 79.9. The summed E-state index contributed by atoms with van der Waals surface area (Å²) >= 11 is 3.25. The number of amides is 3. The van der Waals surface area contributed by atoms with E-state index in [0.29, 0.717) is 15.6 Å². The third kappa shape index (κ3) is 4.93. The van der Waals surface area contributed by atoms with Crippen LogP contribution >= 0.6 is 15.9 Å². The third-order valence-electron chi connectivity index (χ3n) is 2.88. The maximum atomic E-state index is 11.9. The fourth-order valence-corrected chi connectivity index (χ4v) is 2.20. The fourth-order valence-electron chi connectivity index (χ4n) is 1.74. The molecular weight excluding hydrogens is 362 g/mol. The minimum Gasteiger partial charge on any atom is -0.343 e. The Balaban J connectivity index is 1.78. The van der Waals surface area contributed by atoms with Crippen LogP contribution in [0.4, 0.5) is 0 Å². The molecule has 0 bridgehead atoms. The molecule has 0 aliphatic heterocycles. The summed E-state index contributed by atoms with van der Waals surface area (Å²) in [7, 11) is 0. The molecule has 0 aliphatic carbocycles. The van der Waals surface area contributed by atoms with Crippen molar-refractivity contribution >= 4 is 33.7 Å². The average Bonchev–Trinajstić information content (AvgIpc) is 2.58. The summed E-state index contributed by atoms with van der Waals surface area (Å²) in [6.07, 6.45) is 0. The van der Waals surface area contributed by atoms with E-state index in [-0.39, 0.29) is 12.5 Å². The van der Waals surface area contributed by atoms with E-state index in [2.05, 4.69) is 32.1 Å². The Morgan fingerprint density at radius 1 is 0.826 bits per heavy atom. The number of carbonyl (C=O) groups is 3. The van der Waals surface area contributed by atoms with Gasteiger partial charge in [-0.1, -0.05) is 30.3 Å². The first-order valence-electron chi connectivity index (χ1n) is 6.75. The Morgan fingerprint density at radius 3 is 2.17 bits per heavy atom. The van der Waals surface area contributed by atoms with Crippen molar-refractivity contribution in [2.75, 3.05) is 6.54 Å². The molecule has 0 spiro atoms. The molecule has 2 aromatic carbocycles. The van der Waals surface area contributed by atoms with E-state index in [9.17, 15) is 14.4 Å². The Morgan fingerprint density at radius 2 is 1.48 bits per heavy atom. The summed E-state index contributed by atoms with van der Waals surface area (Å²) in [6.45, 7) is -0.246. The van der Waals surface area contributed by atoms with E-state index in [0.717, 1.165) is 0 Å². The lowest BCUT2D eigenvalue weighted by atomic mass is 10.2. The van der Waals surface area contributed by atoms with Crippen LogP contribution in [0.2, 0.25) is 0 Å². The van der Waals surface area contributed by atoms with Gasteiger partial charge in [0.25, 0.3) is 17.7 Å². The van der Waals surface area contributed by atoms with E-state index in [1.165, 1.54) is 0 Å². The van der Waals surface area contributed by atoms with Gasteiger partial charge in [0.15, 0.2) is 0 Å². The number of hydrazine groups is 1. The number of hydrogen-bond acceptors (Lipinski definition) is 3. The number of halogens is 1. The van der Waals surface area contributed by atoms with Gasteiger partial charge in [0.2, 0.25) is 0 Å². The molecule has 0 heterocycles. The lowest BCUT2D eigenvalue weighted by molar-refractivity contribution is -0.120. The van der Waals surface area contributed by atoms with Gasteiger partial charge in [-0.15, -0.1) is 0 Å². The van der Waals surface area contributed by atoms with Gasteiger partial charge in [-0.3, -0.25) is 25.2 Å². The Hall–Kier alpha value is -2.67. The van der Waals surface area contributed by atoms with Crippen molar-refractivity contribution in [2.45, 2.75) is 0 Å². The second kappa shape index (κ2) is 8.09. The first-order chi connectivity index (χ1) is 11.1. The summed E-state index contributed by atoms with van der Waals surface area (Å²) in [5.74, 6) is -1.35. The molecule has 118 valence electrons. The lowest BCUT2D eigenvalue weighted by Crippen LogP contribution is -2.46. The quantitative estimate of drug-likeness (QED) is 0.709. The first kappa shape index (κ1) is 16.7. The zero-order valence-corrected chi connectivity index (χ0v) is 13.6. The highest BCUT2D eigenvalue weighted by Gasteiger charge is 2.11. The predicted molar refractivity (Wildman–Crippen MR) is 88.5 cm³/mol. The molecule has 23 heavy (non-hydrogen) atoms. The molecule has 2 aromatic rings. The highest BCUT2D eigenvalue weighted by molar-refractivity contribution is 9.10. The van der Waals surface area contributed by atoms with Crippen LogP contribution in [0.5, 0.6) is 0 Å². The standard InChI is InChI=1S/C16H14BrN3O3/c17-13-9-5-4-8-12(13)16(23)20-19-14(21)10-18-15(22)11-6-2-1-3-7-11/h1-9H,10H2,(H,18,22)(H,19,21)(H,20,23). The smallest absolute Gasteiger partial charge is 0.270 e.